The molecule has 3 N–H and O–H groups in total. The normalized spacial score (nSPS) is 30.0. The van der Waals surface area contributed by atoms with Crippen LogP contribution in [-0.2, 0) is 4.74 Å². The van der Waals surface area contributed by atoms with Crippen LogP contribution in [0.3, 0.4) is 0 Å². The molecule has 0 heterocycles. The molecule has 0 saturated heterocycles. The number of ether oxygens (including phenoxy) is 1. The first-order valence-corrected chi connectivity index (χ1v) is 6.71. The molecule has 3 heteroatoms. The van der Waals surface area contributed by atoms with E-state index in [9.17, 15) is 0 Å². The fourth-order valence-corrected chi connectivity index (χ4v) is 3.09. The molecule has 3 nitrogen and oxygen atoms in total. The van der Waals surface area contributed by atoms with Crippen LogP contribution >= 0.6 is 0 Å². The summed E-state index contributed by atoms with van der Waals surface area (Å²) >= 11 is 0. The molecule has 0 bridgehead atoms. The summed E-state index contributed by atoms with van der Waals surface area (Å²) in [6, 6.07) is 0.417. The first kappa shape index (κ1) is 13.9. The molecule has 0 spiro atoms. The highest BCUT2D eigenvalue weighted by molar-refractivity contribution is 4.84. The molecule has 4 unspecified atom stereocenters. The van der Waals surface area contributed by atoms with Gasteiger partial charge in [-0.1, -0.05) is 32.6 Å². The smallest absolute Gasteiger partial charge is 0.0558 e. The largest absolute Gasteiger partial charge is 0.382 e. The number of nitrogens with two attached hydrogens (primary N) is 1. The summed E-state index contributed by atoms with van der Waals surface area (Å²) in [4.78, 5) is 0. The second-order valence-electron chi connectivity index (χ2n) is 5.17. The molecule has 1 rings (SSSR count). The minimum atomic E-state index is 0.292. The van der Waals surface area contributed by atoms with E-state index >= 15 is 0 Å². The minimum Gasteiger partial charge on any atom is -0.382 e. The molecule has 0 radical (unpaired) electrons. The molecule has 1 fully saturated rings. The van der Waals surface area contributed by atoms with E-state index in [0.717, 1.165) is 18.3 Å². The summed E-state index contributed by atoms with van der Waals surface area (Å²) in [6.07, 6.45) is 8.05. The Labute approximate surface area is 100 Å². The van der Waals surface area contributed by atoms with Crippen LogP contribution in [0.5, 0.6) is 0 Å². The quantitative estimate of drug-likeness (QED) is 0.542. The minimum absolute atomic E-state index is 0.292. The van der Waals surface area contributed by atoms with Crippen molar-refractivity contribution in [3.05, 3.63) is 0 Å². The Morgan fingerprint density at radius 1 is 1.38 bits per heavy atom. The fourth-order valence-electron chi connectivity index (χ4n) is 3.09. The maximum atomic E-state index is 5.72. The van der Waals surface area contributed by atoms with Crippen molar-refractivity contribution in [2.45, 2.75) is 64.5 Å². The molecule has 0 aliphatic heterocycles. The van der Waals surface area contributed by atoms with E-state index in [2.05, 4.69) is 19.3 Å². The highest BCUT2D eigenvalue weighted by Gasteiger charge is 2.30. The number of nitrogens with one attached hydrogen (secondary N) is 1. The maximum absolute atomic E-state index is 5.72. The van der Waals surface area contributed by atoms with Gasteiger partial charge in [-0.2, -0.15) is 0 Å². The zero-order chi connectivity index (χ0) is 12.0. The molecule has 0 aromatic rings. The Morgan fingerprint density at radius 3 is 2.62 bits per heavy atom. The van der Waals surface area contributed by atoms with Crippen molar-refractivity contribution in [2.24, 2.45) is 17.7 Å². The van der Waals surface area contributed by atoms with Crippen LogP contribution < -0.4 is 11.3 Å². The summed E-state index contributed by atoms with van der Waals surface area (Å²) in [5.74, 6) is 7.30. The molecule has 1 aliphatic carbocycles. The van der Waals surface area contributed by atoms with E-state index in [0.29, 0.717) is 12.1 Å². The summed E-state index contributed by atoms with van der Waals surface area (Å²) in [5.41, 5.74) is 3.02. The standard InChI is InChI=1S/C13H28N2O/c1-4-11-7-5-6-8-12(11)13(15-14)9-10(2)16-3/h10-13,15H,4-9,14H2,1-3H3. The molecule has 96 valence electrons. The van der Waals surface area contributed by atoms with Crippen LogP contribution in [0.1, 0.15) is 52.4 Å². The lowest BCUT2D eigenvalue weighted by molar-refractivity contribution is 0.0752. The summed E-state index contributed by atoms with van der Waals surface area (Å²) in [5, 5.41) is 0. The lowest BCUT2D eigenvalue weighted by atomic mass is 9.73. The number of hydrazine groups is 1. The monoisotopic (exact) mass is 228 g/mol. The Bertz CT molecular complexity index is 187. The summed E-state index contributed by atoms with van der Waals surface area (Å²) < 4.78 is 5.35. The zero-order valence-electron chi connectivity index (χ0n) is 11.0. The van der Waals surface area contributed by atoms with Gasteiger partial charge in [0.25, 0.3) is 0 Å². The van der Waals surface area contributed by atoms with Crippen LogP contribution in [0.25, 0.3) is 0 Å². The SMILES string of the molecule is CCC1CCCCC1C(CC(C)OC)NN. The van der Waals surface area contributed by atoms with Gasteiger partial charge in [0.05, 0.1) is 6.10 Å². The topological polar surface area (TPSA) is 47.3 Å². The van der Waals surface area contributed by atoms with E-state index in [4.69, 9.17) is 10.6 Å². The first-order valence-electron chi connectivity index (χ1n) is 6.71. The maximum Gasteiger partial charge on any atom is 0.0558 e. The van der Waals surface area contributed by atoms with Gasteiger partial charge < -0.3 is 4.74 Å². The van der Waals surface area contributed by atoms with Crippen molar-refractivity contribution in [1.29, 1.82) is 0 Å². The van der Waals surface area contributed by atoms with Crippen molar-refractivity contribution in [1.82, 2.24) is 5.43 Å². The molecular weight excluding hydrogens is 200 g/mol. The van der Waals surface area contributed by atoms with Crippen LogP contribution in [-0.4, -0.2) is 19.3 Å². The summed E-state index contributed by atoms with van der Waals surface area (Å²) in [7, 11) is 1.77. The second-order valence-corrected chi connectivity index (χ2v) is 5.17. The Morgan fingerprint density at radius 2 is 2.06 bits per heavy atom. The fraction of sp³-hybridized carbons (Fsp3) is 1.00. The first-order chi connectivity index (χ1) is 7.72. The Kier molecular flexibility index (Phi) is 6.32. The van der Waals surface area contributed by atoms with Gasteiger partial charge in [0.2, 0.25) is 0 Å². The van der Waals surface area contributed by atoms with Gasteiger partial charge >= 0.3 is 0 Å². The molecule has 4 atom stereocenters. The van der Waals surface area contributed by atoms with Gasteiger partial charge in [0.15, 0.2) is 0 Å². The van der Waals surface area contributed by atoms with Gasteiger partial charge in [-0.05, 0) is 31.6 Å². The van der Waals surface area contributed by atoms with Gasteiger partial charge in [0.1, 0.15) is 0 Å². The van der Waals surface area contributed by atoms with Gasteiger partial charge in [-0.25, -0.2) is 0 Å². The lowest BCUT2D eigenvalue weighted by Crippen LogP contribution is -2.46. The molecule has 1 saturated carbocycles. The Balaban J connectivity index is 2.54. The van der Waals surface area contributed by atoms with Gasteiger partial charge in [-0.3, -0.25) is 11.3 Å². The van der Waals surface area contributed by atoms with Crippen molar-refractivity contribution < 1.29 is 4.74 Å². The third kappa shape index (κ3) is 3.72. The molecule has 0 amide bonds. The average molecular weight is 228 g/mol. The Hall–Kier alpha value is -0.120. The molecule has 0 aromatic heterocycles. The van der Waals surface area contributed by atoms with Crippen molar-refractivity contribution in [3.63, 3.8) is 0 Å². The van der Waals surface area contributed by atoms with Gasteiger partial charge in [0, 0.05) is 13.2 Å². The van der Waals surface area contributed by atoms with E-state index in [1.165, 1.54) is 32.1 Å². The molecular formula is C13H28N2O. The number of hydrogen-bond acceptors (Lipinski definition) is 3. The average Bonchev–Trinajstić information content (AvgIpc) is 2.35. The third-order valence-electron chi connectivity index (χ3n) is 4.21. The van der Waals surface area contributed by atoms with Crippen molar-refractivity contribution >= 4 is 0 Å². The third-order valence-corrected chi connectivity index (χ3v) is 4.21. The van der Waals surface area contributed by atoms with Gasteiger partial charge in [-0.15, -0.1) is 0 Å². The highest BCUT2D eigenvalue weighted by Crippen LogP contribution is 2.35. The van der Waals surface area contributed by atoms with Crippen molar-refractivity contribution in [2.75, 3.05) is 7.11 Å². The van der Waals surface area contributed by atoms with Crippen molar-refractivity contribution in [3.8, 4) is 0 Å². The lowest BCUT2D eigenvalue weighted by Gasteiger charge is -2.37. The number of methoxy groups -OCH3 is 1. The number of rotatable bonds is 6. The van der Waals surface area contributed by atoms with E-state index in [1.54, 1.807) is 7.11 Å². The van der Waals surface area contributed by atoms with E-state index < -0.39 is 0 Å². The highest BCUT2D eigenvalue weighted by atomic mass is 16.5. The van der Waals surface area contributed by atoms with Crippen LogP contribution in [0, 0.1) is 11.8 Å². The van der Waals surface area contributed by atoms with Crippen LogP contribution in [0.15, 0.2) is 0 Å². The zero-order valence-corrected chi connectivity index (χ0v) is 11.0. The van der Waals surface area contributed by atoms with Crippen LogP contribution in [0.2, 0.25) is 0 Å². The predicted molar refractivity (Wildman–Crippen MR) is 67.9 cm³/mol. The van der Waals surface area contributed by atoms with Crippen LogP contribution in [0.4, 0.5) is 0 Å². The number of hydrogen-bond donors (Lipinski definition) is 2. The van der Waals surface area contributed by atoms with E-state index in [-0.39, 0.29) is 0 Å². The molecule has 16 heavy (non-hydrogen) atoms. The van der Waals surface area contributed by atoms with E-state index in [1.807, 2.05) is 0 Å². The summed E-state index contributed by atoms with van der Waals surface area (Å²) in [6.45, 7) is 4.42. The molecule has 1 aliphatic rings. The predicted octanol–water partition coefficient (Wildman–Crippen LogP) is 2.46. The second kappa shape index (κ2) is 7.25. The molecule has 0 aromatic carbocycles.